The topological polar surface area (TPSA) is 12.0 Å². The fourth-order valence-corrected chi connectivity index (χ4v) is 2.89. The molecule has 1 aliphatic rings. The van der Waals surface area contributed by atoms with Crippen LogP contribution in [0.1, 0.15) is 39.2 Å². The van der Waals surface area contributed by atoms with Crippen molar-refractivity contribution in [2.45, 2.75) is 46.1 Å². The average Bonchev–Trinajstić information content (AvgIpc) is 3.10. The standard InChI is InChI=1S/C16H24ClN/c1-12(2)18-11-16(3,14-7-8-14)10-13-5-4-6-15(17)9-13/h4-6,9,12,14,18H,7-8,10-11H2,1-3H3. The highest BCUT2D eigenvalue weighted by Crippen LogP contribution is 2.47. The summed E-state index contributed by atoms with van der Waals surface area (Å²) in [6, 6.07) is 8.87. The summed E-state index contributed by atoms with van der Waals surface area (Å²) in [5.41, 5.74) is 1.73. The van der Waals surface area contributed by atoms with E-state index in [9.17, 15) is 0 Å². The molecular formula is C16H24ClN. The highest BCUT2D eigenvalue weighted by molar-refractivity contribution is 6.30. The van der Waals surface area contributed by atoms with Gasteiger partial charge in [0, 0.05) is 17.6 Å². The molecule has 0 spiro atoms. The molecule has 1 N–H and O–H groups in total. The molecule has 1 unspecified atom stereocenters. The van der Waals surface area contributed by atoms with Crippen LogP contribution in [0.5, 0.6) is 0 Å². The Morgan fingerprint density at radius 2 is 2.11 bits per heavy atom. The monoisotopic (exact) mass is 265 g/mol. The van der Waals surface area contributed by atoms with Gasteiger partial charge in [-0.1, -0.05) is 44.5 Å². The van der Waals surface area contributed by atoms with E-state index in [0.717, 1.165) is 23.9 Å². The number of hydrogen-bond acceptors (Lipinski definition) is 1. The molecule has 2 heteroatoms. The molecule has 1 aromatic carbocycles. The molecule has 1 fully saturated rings. The summed E-state index contributed by atoms with van der Waals surface area (Å²) >= 11 is 6.08. The Bertz CT molecular complexity index is 398. The highest BCUT2D eigenvalue weighted by Gasteiger charge is 2.41. The number of rotatable bonds is 6. The van der Waals surface area contributed by atoms with Crippen molar-refractivity contribution in [2.75, 3.05) is 6.54 Å². The van der Waals surface area contributed by atoms with Crippen LogP contribution in [0.4, 0.5) is 0 Å². The van der Waals surface area contributed by atoms with Crippen molar-refractivity contribution in [3.63, 3.8) is 0 Å². The first kappa shape index (κ1) is 13.9. The van der Waals surface area contributed by atoms with Crippen LogP contribution in [-0.2, 0) is 6.42 Å². The van der Waals surface area contributed by atoms with Gasteiger partial charge in [0.1, 0.15) is 0 Å². The maximum Gasteiger partial charge on any atom is 0.0408 e. The van der Waals surface area contributed by atoms with E-state index in [1.54, 1.807) is 0 Å². The van der Waals surface area contributed by atoms with Gasteiger partial charge in [0.2, 0.25) is 0 Å². The smallest absolute Gasteiger partial charge is 0.0408 e. The third-order valence-electron chi connectivity index (χ3n) is 3.97. The second kappa shape index (κ2) is 5.63. The van der Waals surface area contributed by atoms with Crippen LogP contribution in [0.3, 0.4) is 0 Å². The van der Waals surface area contributed by atoms with Crippen LogP contribution in [-0.4, -0.2) is 12.6 Å². The third kappa shape index (κ3) is 3.73. The zero-order chi connectivity index (χ0) is 13.2. The fourth-order valence-electron chi connectivity index (χ4n) is 2.68. The molecule has 0 amide bonds. The normalized spacial score (nSPS) is 18.9. The van der Waals surface area contributed by atoms with E-state index in [0.29, 0.717) is 11.5 Å². The van der Waals surface area contributed by atoms with Gasteiger partial charge in [-0.3, -0.25) is 0 Å². The maximum absolute atomic E-state index is 6.08. The van der Waals surface area contributed by atoms with Crippen LogP contribution in [0.2, 0.25) is 5.02 Å². The number of benzene rings is 1. The first-order valence-electron chi connectivity index (χ1n) is 6.97. The lowest BCUT2D eigenvalue weighted by Crippen LogP contribution is -2.38. The summed E-state index contributed by atoms with van der Waals surface area (Å²) < 4.78 is 0. The van der Waals surface area contributed by atoms with Crippen molar-refractivity contribution < 1.29 is 0 Å². The fraction of sp³-hybridized carbons (Fsp3) is 0.625. The average molecular weight is 266 g/mol. The Morgan fingerprint density at radius 3 is 2.67 bits per heavy atom. The Morgan fingerprint density at radius 1 is 1.39 bits per heavy atom. The van der Waals surface area contributed by atoms with Crippen molar-refractivity contribution in [3.8, 4) is 0 Å². The largest absolute Gasteiger partial charge is 0.314 e. The quantitative estimate of drug-likeness (QED) is 0.809. The van der Waals surface area contributed by atoms with Crippen LogP contribution in [0.15, 0.2) is 24.3 Å². The summed E-state index contributed by atoms with van der Waals surface area (Å²) in [6.07, 6.45) is 3.89. The highest BCUT2D eigenvalue weighted by atomic mass is 35.5. The van der Waals surface area contributed by atoms with Gasteiger partial charge < -0.3 is 5.32 Å². The molecule has 0 aliphatic heterocycles. The summed E-state index contributed by atoms with van der Waals surface area (Å²) in [7, 11) is 0. The zero-order valence-electron chi connectivity index (χ0n) is 11.7. The molecule has 18 heavy (non-hydrogen) atoms. The van der Waals surface area contributed by atoms with Crippen LogP contribution < -0.4 is 5.32 Å². The molecule has 0 radical (unpaired) electrons. The lowest BCUT2D eigenvalue weighted by molar-refractivity contribution is 0.248. The van der Waals surface area contributed by atoms with Crippen molar-refractivity contribution in [3.05, 3.63) is 34.9 Å². The molecule has 1 aromatic rings. The summed E-state index contributed by atoms with van der Waals surface area (Å²) in [4.78, 5) is 0. The molecule has 1 aliphatic carbocycles. The minimum Gasteiger partial charge on any atom is -0.314 e. The van der Waals surface area contributed by atoms with E-state index in [1.165, 1.54) is 18.4 Å². The van der Waals surface area contributed by atoms with Gasteiger partial charge in [-0.05, 0) is 48.3 Å². The van der Waals surface area contributed by atoms with E-state index in [1.807, 2.05) is 6.07 Å². The number of halogens is 1. The van der Waals surface area contributed by atoms with Gasteiger partial charge in [-0.15, -0.1) is 0 Å². The first-order valence-corrected chi connectivity index (χ1v) is 7.35. The Hall–Kier alpha value is -0.530. The molecule has 0 bridgehead atoms. The van der Waals surface area contributed by atoms with E-state index < -0.39 is 0 Å². The van der Waals surface area contributed by atoms with Crippen molar-refractivity contribution >= 4 is 11.6 Å². The lowest BCUT2D eigenvalue weighted by atomic mass is 9.78. The third-order valence-corrected chi connectivity index (χ3v) is 4.21. The van der Waals surface area contributed by atoms with Gasteiger partial charge in [0.15, 0.2) is 0 Å². The molecule has 1 saturated carbocycles. The molecule has 1 nitrogen and oxygen atoms in total. The van der Waals surface area contributed by atoms with Crippen LogP contribution in [0, 0.1) is 11.3 Å². The summed E-state index contributed by atoms with van der Waals surface area (Å²) in [5, 5.41) is 4.46. The van der Waals surface area contributed by atoms with Gasteiger partial charge in [0.05, 0.1) is 0 Å². The van der Waals surface area contributed by atoms with E-state index >= 15 is 0 Å². The van der Waals surface area contributed by atoms with Gasteiger partial charge in [0.25, 0.3) is 0 Å². The molecule has 100 valence electrons. The second-order valence-corrected chi connectivity index (χ2v) is 6.71. The molecule has 0 aromatic heterocycles. The van der Waals surface area contributed by atoms with E-state index in [-0.39, 0.29) is 0 Å². The second-order valence-electron chi connectivity index (χ2n) is 6.27. The van der Waals surface area contributed by atoms with Crippen molar-refractivity contribution in [1.82, 2.24) is 5.32 Å². The number of nitrogens with one attached hydrogen (secondary N) is 1. The van der Waals surface area contributed by atoms with Crippen LogP contribution in [0.25, 0.3) is 0 Å². The number of hydrogen-bond donors (Lipinski definition) is 1. The zero-order valence-corrected chi connectivity index (χ0v) is 12.4. The molecule has 0 heterocycles. The SMILES string of the molecule is CC(C)NCC(C)(Cc1cccc(Cl)c1)C1CC1. The maximum atomic E-state index is 6.08. The van der Waals surface area contributed by atoms with Crippen molar-refractivity contribution in [1.29, 1.82) is 0 Å². The Labute approximate surface area is 116 Å². The van der Waals surface area contributed by atoms with Crippen LogP contribution >= 0.6 is 11.6 Å². The predicted molar refractivity (Wildman–Crippen MR) is 79.1 cm³/mol. The van der Waals surface area contributed by atoms with E-state index in [2.05, 4.69) is 44.3 Å². The van der Waals surface area contributed by atoms with E-state index in [4.69, 9.17) is 11.6 Å². The Balaban J connectivity index is 2.05. The predicted octanol–water partition coefficient (Wildman–Crippen LogP) is 4.30. The minimum atomic E-state index is 0.370. The van der Waals surface area contributed by atoms with Gasteiger partial charge in [-0.2, -0.15) is 0 Å². The van der Waals surface area contributed by atoms with Gasteiger partial charge in [-0.25, -0.2) is 0 Å². The first-order chi connectivity index (χ1) is 8.49. The minimum absolute atomic E-state index is 0.370. The summed E-state index contributed by atoms with van der Waals surface area (Å²) in [6.45, 7) is 7.95. The Kier molecular flexibility index (Phi) is 4.34. The molecule has 0 saturated heterocycles. The molecular weight excluding hydrogens is 242 g/mol. The molecule has 2 rings (SSSR count). The molecule has 1 atom stereocenters. The lowest BCUT2D eigenvalue weighted by Gasteiger charge is -2.31. The summed E-state index contributed by atoms with van der Waals surface area (Å²) in [5.74, 6) is 0.878. The van der Waals surface area contributed by atoms with Crippen molar-refractivity contribution in [2.24, 2.45) is 11.3 Å². The van der Waals surface area contributed by atoms with Gasteiger partial charge >= 0.3 is 0 Å².